The van der Waals surface area contributed by atoms with Crippen LogP contribution in [0, 0.1) is 0 Å². The predicted molar refractivity (Wildman–Crippen MR) is 81.4 cm³/mol. The van der Waals surface area contributed by atoms with Crippen LogP contribution >= 0.6 is 0 Å². The van der Waals surface area contributed by atoms with Gasteiger partial charge >= 0.3 is 0 Å². The van der Waals surface area contributed by atoms with Gasteiger partial charge in [-0.05, 0) is 31.9 Å². The highest BCUT2D eigenvalue weighted by Gasteiger charge is 2.12. The molecule has 20 heavy (non-hydrogen) atoms. The molecule has 1 rings (SSSR count). The zero-order valence-electron chi connectivity index (χ0n) is 13.0. The lowest BCUT2D eigenvalue weighted by Crippen LogP contribution is -2.41. The number of hydrogen-bond donors (Lipinski definition) is 2. The van der Waals surface area contributed by atoms with Gasteiger partial charge in [0.1, 0.15) is 0 Å². The molecule has 0 atom stereocenters. The molecule has 0 saturated heterocycles. The molecule has 0 radical (unpaired) electrons. The SMILES string of the molecule is COCc1ccccc1CNCCC(=O)NC(C)(C)C. The number of carbonyl (C=O) groups is 1. The topological polar surface area (TPSA) is 50.4 Å². The predicted octanol–water partition coefficient (Wildman–Crippen LogP) is 2.23. The van der Waals surface area contributed by atoms with Crippen molar-refractivity contribution in [3.8, 4) is 0 Å². The van der Waals surface area contributed by atoms with Gasteiger partial charge in [0.25, 0.3) is 0 Å². The van der Waals surface area contributed by atoms with Gasteiger partial charge in [-0.3, -0.25) is 4.79 Å². The molecule has 0 spiro atoms. The van der Waals surface area contributed by atoms with Gasteiger partial charge in [0.2, 0.25) is 5.91 Å². The first kappa shape index (κ1) is 16.7. The minimum atomic E-state index is -0.165. The molecular formula is C16H26N2O2. The number of methoxy groups -OCH3 is 1. The first-order chi connectivity index (χ1) is 9.42. The molecule has 0 bridgehead atoms. The van der Waals surface area contributed by atoms with Crippen LogP contribution in [0.25, 0.3) is 0 Å². The normalized spacial score (nSPS) is 11.4. The van der Waals surface area contributed by atoms with Crippen molar-refractivity contribution in [2.45, 2.75) is 45.9 Å². The van der Waals surface area contributed by atoms with Crippen molar-refractivity contribution in [3.05, 3.63) is 35.4 Å². The summed E-state index contributed by atoms with van der Waals surface area (Å²) >= 11 is 0. The molecule has 0 aliphatic heterocycles. The van der Waals surface area contributed by atoms with Crippen molar-refractivity contribution in [1.82, 2.24) is 10.6 Å². The summed E-state index contributed by atoms with van der Waals surface area (Å²) in [5.74, 6) is 0.0789. The minimum Gasteiger partial charge on any atom is -0.380 e. The van der Waals surface area contributed by atoms with Gasteiger partial charge in [-0.2, -0.15) is 0 Å². The molecule has 4 nitrogen and oxygen atoms in total. The van der Waals surface area contributed by atoms with Crippen molar-refractivity contribution in [2.24, 2.45) is 0 Å². The molecule has 0 fully saturated rings. The van der Waals surface area contributed by atoms with E-state index in [1.54, 1.807) is 7.11 Å². The highest BCUT2D eigenvalue weighted by Crippen LogP contribution is 2.09. The molecule has 0 saturated carbocycles. The molecule has 1 amide bonds. The number of benzene rings is 1. The molecule has 0 aliphatic rings. The number of amides is 1. The molecule has 0 unspecified atom stereocenters. The monoisotopic (exact) mass is 278 g/mol. The summed E-state index contributed by atoms with van der Waals surface area (Å²) in [6, 6.07) is 8.17. The van der Waals surface area contributed by atoms with Crippen LogP contribution in [0.1, 0.15) is 38.3 Å². The van der Waals surface area contributed by atoms with Crippen LogP contribution in [0.5, 0.6) is 0 Å². The lowest BCUT2D eigenvalue weighted by Gasteiger charge is -2.20. The van der Waals surface area contributed by atoms with E-state index < -0.39 is 0 Å². The van der Waals surface area contributed by atoms with Crippen LogP contribution < -0.4 is 10.6 Å². The average Bonchev–Trinajstić information content (AvgIpc) is 2.34. The average molecular weight is 278 g/mol. The number of rotatable bonds is 7. The van der Waals surface area contributed by atoms with Gasteiger partial charge in [0, 0.05) is 32.2 Å². The summed E-state index contributed by atoms with van der Waals surface area (Å²) in [7, 11) is 1.70. The number of carbonyl (C=O) groups excluding carboxylic acids is 1. The Morgan fingerprint density at radius 2 is 1.85 bits per heavy atom. The highest BCUT2D eigenvalue weighted by atomic mass is 16.5. The van der Waals surface area contributed by atoms with Gasteiger partial charge in [0.05, 0.1) is 6.61 Å². The summed E-state index contributed by atoms with van der Waals surface area (Å²) in [6.45, 7) is 7.99. The summed E-state index contributed by atoms with van der Waals surface area (Å²) in [5, 5.41) is 6.25. The van der Waals surface area contributed by atoms with Crippen molar-refractivity contribution in [2.75, 3.05) is 13.7 Å². The largest absolute Gasteiger partial charge is 0.380 e. The fourth-order valence-corrected chi connectivity index (χ4v) is 1.93. The quantitative estimate of drug-likeness (QED) is 0.752. The van der Waals surface area contributed by atoms with Crippen molar-refractivity contribution in [1.29, 1.82) is 0 Å². The van der Waals surface area contributed by atoms with Gasteiger partial charge < -0.3 is 15.4 Å². The van der Waals surface area contributed by atoms with E-state index >= 15 is 0 Å². The Morgan fingerprint density at radius 1 is 1.20 bits per heavy atom. The Morgan fingerprint density at radius 3 is 2.45 bits per heavy atom. The van der Waals surface area contributed by atoms with E-state index in [9.17, 15) is 4.79 Å². The molecular weight excluding hydrogens is 252 g/mol. The standard InChI is InChI=1S/C16H26N2O2/c1-16(2,3)18-15(19)9-10-17-11-13-7-5-6-8-14(13)12-20-4/h5-8,17H,9-12H2,1-4H3,(H,18,19). The van der Waals surface area contributed by atoms with Crippen LogP contribution in [-0.2, 0) is 22.7 Å². The molecule has 4 heteroatoms. The van der Waals surface area contributed by atoms with Gasteiger partial charge in [-0.15, -0.1) is 0 Å². The third-order valence-electron chi connectivity index (χ3n) is 2.78. The Hall–Kier alpha value is -1.39. The second kappa shape index (κ2) is 8.02. The van der Waals surface area contributed by atoms with Gasteiger partial charge in [0.15, 0.2) is 0 Å². The van der Waals surface area contributed by atoms with Crippen LogP contribution in [0.3, 0.4) is 0 Å². The molecule has 0 heterocycles. The molecule has 112 valence electrons. The maximum Gasteiger partial charge on any atom is 0.221 e. The Bertz CT molecular complexity index is 425. The summed E-state index contributed by atoms with van der Waals surface area (Å²) in [4.78, 5) is 11.7. The zero-order valence-corrected chi connectivity index (χ0v) is 13.0. The first-order valence-electron chi connectivity index (χ1n) is 7.00. The van der Waals surface area contributed by atoms with Gasteiger partial charge in [-0.25, -0.2) is 0 Å². The first-order valence-corrected chi connectivity index (χ1v) is 7.00. The Labute approximate surface area is 121 Å². The number of hydrogen-bond acceptors (Lipinski definition) is 3. The van der Waals surface area contributed by atoms with Crippen LogP contribution in [0.15, 0.2) is 24.3 Å². The summed E-state index contributed by atoms with van der Waals surface area (Å²) in [6.07, 6.45) is 0.490. The highest BCUT2D eigenvalue weighted by molar-refractivity contribution is 5.76. The van der Waals surface area contributed by atoms with Crippen LogP contribution in [0.4, 0.5) is 0 Å². The lowest BCUT2D eigenvalue weighted by atomic mass is 10.1. The lowest BCUT2D eigenvalue weighted by molar-refractivity contribution is -0.122. The molecule has 0 aromatic heterocycles. The second-order valence-electron chi connectivity index (χ2n) is 5.93. The fraction of sp³-hybridized carbons (Fsp3) is 0.562. The van der Waals surface area contributed by atoms with E-state index in [1.165, 1.54) is 11.1 Å². The molecule has 2 N–H and O–H groups in total. The number of ether oxygens (including phenoxy) is 1. The zero-order chi connectivity index (χ0) is 15.0. The molecule has 1 aromatic carbocycles. The summed E-state index contributed by atoms with van der Waals surface area (Å²) < 4.78 is 5.18. The van der Waals surface area contributed by atoms with Crippen molar-refractivity contribution < 1.29 is 9.53 Å². The summed E-state index contributed by atoms with van der Waals surface area (Å²) in [5.41, 5.74) is 2.23. The maximum absolute atomic E-state index is 11.7. The van der Waals surface area contributed by atoms with E-state index in [1.807, 2.05) is 32.9 Å². The minimum absolute atomic E-state index is 0.0789. The van der Waals surface area contributed by atoms with Gasteiger partial charge in [-0.1, -0.05) is 24.3 Å². The smallest absolute Gasteiger partial charge is 0.221 e. The molecule has 1 aromatic rings. The number of nitrogens with one attached hydrogen (secondary N) is 2. The van der Waals surface area contributed by atoms with Crippen LogP contribution in [-0.4, -0.2) is 25.1 Å². The second-order valence-corrected chi connectivity index (χ2v) is 5.93. The fourth-order valence-electron chi connectivity index (χ4n) is 1.93. The van der Waals surface area contributed by atoms with Crippen LogP contribution in [0.2, 0.25) is 0 Å². The maximum atomic E-state index is 11.7. The third kappa shape index (κ3) is 6.68. The van der Waals surface area contributed by atoms with E-state index in [0.717, 1.165) is 6.54 Å². The van der Waals surface area contributed by atoms with Crippen molar-refractivity contribution in [3.63, 3.8) is 0 Å². The van der Waals surface area contributed by atoms with E-state index in [-0.39, 0.29) is 11.4 Å². The Balaban J connectivity index is 2.33. The van der Waals surface area contributed by atoms with Crippen molar-refractivity contribution >= 4 is 5.91 Å². The Kier molecular flexibility index (Phi) is 6.68. The van der Waals surface area contributed by atoms with E-state index in [2.05, 4.69) is 22.8 Å². The third-order valence-corrected chi connectivity index (χ3v) is 2.78. The molecule has 0 aliphatic carbocycles. The van der Waals surface area contributed by atoms with E-state index in [0.29, 0.717) is 19.6 Å². The van der Waals surface area contributed by atoms with E-state index in [4.69, 9.17) is 4.74 Å².